The molecule has 0 aromatic carbocycles. The molecule has 0 aromatic heterocycles. The van der Waals surface area contributed by atoms with E-state index in [-0.39, 0.29) is 6.15 Å². The quantitative estimate of drug-likeness (QED) is 0.570. The molecule has 0 amide bonds. The third kappa shape index (κ3) is 9.30. The van der Waals surface area contributed by atoms with Crippen molar-refractivity contribution in [1.29, 1.82) is 0 Å². The Morgan fingerprint density at radius 2 is 2.00 bits per heavy atom. The summed E-state index contributed by atoms with van der Waals surface area (Å²) < 4.78 is 5.07. The van der Waals surface area contributed by atoms with Crippen molar-refractivity contribution in [3.05, 3.63) is 0 Å². The van der Waals surface area contributed by atoms with Crippen LogP contribution in [0.1, 0.15) is 13.8 Å². The van der Waals surface area contributed by atoms with Crippen molar-refractivity contribution >= 4 is 0 Å². The van der Waals surface area contributed by atoms with E-state index in [0.29, 0.717) is 19.3 Å². The van der Waals surface area contributed by atoms with Crippen LogP contribution in [0.25, 0.3) is 0 Å². The second-order valence-corrected chi connectivity index (χ2v) is 1.71. The zero-order chi connectivity index (χ0) is 5.70. The summed E-state index contributed by atoms with van der Waals surface area (Å²) in [5.74, 6) is 0. The molecule has 0 aliphatic carbocycles. The van der Waals surface area contributed by atoms with E-state index in [1.807, 2.05) is 13.8 Å². The average Bonchev–Trinajstić information content (AvgIpc) is 1.61. The lowest BCUT2D eigenvalue weighted by Crippen LogP contribution is -2.12. The van der Waals surface area contributed by atoms with Crippen LogP contribution in [0.3, 0.4) is 0 Å². The van der Waals surface area contributed by atoms with E-state index in [1.54, 1.807) is 0 Å². The molecule has 0 heterocycles. The minimum atomic E-state index is 0. The molecular weight excluding hydrogens is 104 g/mol. The summed E-state index contributed by atoms with van der Waals surface area (Å²) in [6.45, 7) is 5.29. The SMILES string of the molecule is CC(C)OCCN.N. The van der Waals surface area contributed by atoms with Crippen molar-refractivity contribution < 1.29 is 4.74 Å². The molecule has 0 bridgehead atoms. The van der Waals surface area contributed by atoms with Crippen LogP contribution < -0.4 is 11.9 Å². The predicted octanol–water partition coefficient (Wildman–Crippen LogP) is 0.532. The zero-order valence-electron chi connectivity index (χ0n) is 5.68. The monoisotopic (exact) mass is 120 g/mol. The summed E-state index contributed by atoms with van der Waals surface area (Å²) in [7, 11) is 0. The number of hydrogen-bond donors (Lipinski definition) is 2. The van der Waals surface area contributed by atoms with Crippen molar-refractivity contribution in [1.82, 2.24) is 6.15 Å². The third-order valence-corrected chi connectivity index (χ3v) is 0.569. The summed E-state index contributed by atoms with van der Waals surface area (Å²) in [6.07, 6.45) is 0.323. The van der Waals surface area contributed by atoms with Crippen molar-refractivity contribution in [3.63, 3.8) is 0 Å². The Morgan fingerprint density at radius 3 is 2.12 bits per heavy atom. The second kappa shape index (κ2) is 6.88. The molecule has 0 unspecified atom stereocenters. The molecule has 0 aliphatic rings. The molecule has 3 nitrogen and oxygen atoms in total. The molecule has 0 aliphatic heterocycles. The molecule has 0 saturated heterocycles. The number of nitrogens with two attached hydrogens (primary N) is 1. The molecule has 3 heteroatoms. The molecule has 0 radical (unpaired) electrons. The van der Waals surface area contributed by atoms with Crippen LogP contribution in [-0.4, -0.2) is 19.3 Å². The second-order valence-electron chi connectivity index (χ2n) is 1.71. The van der Waals surface area contributed by atoms with E-state index >= 15 is 0 Å². The topological polar surface area (TPSA) is 70.2 Å². The van der Waals surface area contributed by atoms with Crippen molar-refractivity contribution in [2.45, 2.75) is 20.0 Å². The van der Waals surface area contributed by atoms with Gasteiger partial charge in [-0.3, -0.25) is 0 Å². The molecular formula is C5H16N2O. The van der Waals surface area contributed by atoms with E-state index in [1.165, 1.54) is 0 Å². The van der Waals surface area contributed by atoms with Gasteiger partial charge in [0.2, 0.25) is 0 Å². The van der Waals surface area contributed by atoms with E-state index in [9.17, 15) is 0 Å². The van der Waals surface area contributed by atoms with Gasteiger partial charge in [0.1, 0.15) is 0 Å². The lowest BCUT2D eigenvalue weighted by molar-refractivity contribution is 0.0851. The van der Waals surface area contributed by atoms with E-state index in [2.05, 4.69) is 0 Å². The molecule has 0 atom stereocenters. The van der Waals surface area contributed by atoms with Crippen molar-refractivity contribution in [2.24, 2.45) is 5.73 Å². The first kappa shape index (κ1) is 10.8. The van der Waals surface area contributed by atoms with Gasteiger partial charge >= 0.3 is 0 Å². The van der Waals surface area contributed by atoms with Gasteiger partial charge in [-0.25, -0.2) is 0 Å². The van der Waals surface area contributed by atoms with Gasteiger partial charge in [0.25, 0.3) is 0 Å². The molecule has 0 spiro atoms. The Balaban J connectivity index is 0. The lowest BCUT2D eigenvalue weighted by atomic mass is 10.5. The molecule has 0 saturated carbocycles. The van der Waals surface area contributed by atoms with E-state index in [4.69, 9.17) is 10.5 Å². The molecule has 0 fully saturated rings. The van der Waals surface area contributed by atoms with Crippen LogP contribution in [0.4, 0.5) is 0 Å². The fraction of sp³-hybridized carbons (Fsp3) is 1.00. The maximum Gasteiger partial charge on any atom is 0.0592 e. The van der Waals surface area contributed by atoms with Crippen LogP contribution in [0.15, 0.2) is 0 Å². The van der Waals surface area contributed by atoms with Crippen LogP contribution in [0, 0.1) is 0 Å². The normalized spacial score (nSPS) is 9.00. The molecule has 52 valence electrons. The van der Waals surface area contributed by atoms with Crippen molar-refractivity contribution in [2.75, 3.05) is 13.2 Å². The van der Waals surface area contributed by atoms with Gasteiger partial charge in [-0.15, -0.1) is 0 Å². The maximum atomic E-state index is 5.15. The van der Waals surface area contributed by atoms with E-state index in [0.717, 1.165) is 0 Å². The standard InChI is InChI=1S/C5H13NO.H3N/c1-5(2)7-4-3-6;/h5H,3-4,6H2,1-2H3;1H3. The van der Waals surface area contributed by atoms with Gasteiger partial charge in [0.15, 0.2) is 0 Å². The highest BCUT2D eigenvalue weighted by atomic mass is 16.5. The molecule has 0 aromatic rings. The largest absolute Gasteiger partial charge is 0.377 e. The van der Waals surface area contributed by atoms with Gasteiger partial charge in [0.05, 0.1) is 12.7 Å². The Labute approximate surface area is 50.8 Å². The van der Waals surface area contributed by atoms with Crippen LogP contribution in [0.2, 0.25) is 0 Å². The highest BCUT2D eigenvalue weighted by molar-refractivity contribution is 4.36. The van der Waals surface area contributed by atoms with Gasteiger partial charge < -0.3 is 16.6 Å². The maximum absolute atomic E-state index is 5.15. The fourth-order valence-corrected chi connectivity index (χ4v) is 0.304. The van der Waals surface area contributed by atoms with E-state index < -0.39 is 0 Å². The predicted molar refractivity (Wildman–Crippen MR) is 35.2 cm³/mol. The first-order valence-electron chi connectivity index (χ1n) is 2.59. The summed E-state index contributed by atoms with van der Waals surface area (Å²) >= 11 is 0. The molecule has 8 heavy (non-hydrogen) atoms. The Kier molecular flexibility index (Phi) is 9.28. The smallest absolute Gasteiger partial charge is 0.0592 e. The molecule has 5 N–H and O–H groups in total. The Hall–Kier alpha value is -0.120. The Morgan fingerprint density at radius 1 is 1.50 bits per heavy atom. The first-order chi connectivity index (χ1) is 3.27. The summed E-state index contributed by atoms with van der Waals surface area (Å²) in [6, 6.07) is 0. The fourth-order valence-electron chi connectivity index (χ4n) is 0.304. The van der Waals surface area contributed by atoms with Crippen LogP contribution in [-0.2, 0) is 4.74 Å². The number of hydrogen-bond acceptors (Lipinski definition) is 3. The zero-order valence-corrected chi connectivity index (χ0v) is 5.68. The third-order valence-electron chi connectivity index (χ3n) is 0.569. The van der Waals surface area contributed by atoms with Gasteiger partial charge in [-0.2, -0.15) is 0 Å². The molecule has 0 rings (SSSR count). The first-order valence-corrected chi connectivity index (χ1v) is 2.59. The minimum absolute atomic E-state index is 0. The highest BCUT2D eigenvalue weighted by Crippen LogP contribution is 1.83. The average molecular weight is 120 g/mol. The number of ether oxygens (including phenoxy) is 1. The van der Waals surface area contributed by atoms with Crippen molar-refractivity contribution in [3.8, 4) is 0 Å². The highest BCUT2D eigenvalue weighted by Gasteiger charge is 1.87. The lowest BCUT2D eigenvalue weighted by Gasteiger charge is -2.03. The van der Waals surface area contributed by atoms with Crippen LogP contribution >= 0.6 is 0 Å². The minimum Gasteiger partial charge on any atom is -0.377 e. The van der Waals surface area contributed by atoms with Gasteiger partial charge in [0, 0.05) is 6.54 Å². The summed E-state index contributed by atoms with van der Waals surface area (Å²) in [5.41, 5.74) is 5.15. The summed E-state index contributed by atoms with van der Waals surface area (Å²) in [4.78, 5) is 0. The van der Waals surface area contributed by atoms with Crippen LogP contribution in [0.5, 0.6) is 0 Å². The van der Waals surface area contributed by atoms with Gasteiger partial charge in [-0.1, -0.05) is 0 Å². The Bertz CT molecular complexity index is 39.4. The summed E-state index contributed by atoms with van der Waals surface area (Å²) in [5, 5.41) is 0. The van der Waals surface area contributed by atoms with Gasteiger partial charge in [-0.05, 0) is 13.8 Å². The number of rotatable bonds is 3.